The van der Waals surface area contributed by atoms with Gasteiger partial charge in [-0.2, -0.15) is 0 Å². The molecule has 0 aliphatic heterocycles. The van der Waals surface area contributed by atoms with Gasteiger partial charge in [-0.05, 0) is 30.3 Å². The van der Waals surface area contributed by atoms with Gasteiger partial charge in [-0.25, -0.2) is 14.4 Å². The van der Waals surface area contributed by atoms with Crippen LogP contribution in [-0.4, -0.2) is 9.97 Å². The van der Waals surface area contributed by atoms with E-state index in [9.17, 15) is 4.39 Å². The number of aromatic nitrogens is 2. The van der Waals surface area contributed by atoms with Crippen molar-refractivity contribution < 1.29 is 4.39 Å². The lowest BCUT2D eigenvalue weighted by atomic mass is 10.2. The largest absolute Gasteiger partial charge is 0.337 e. The molecule has 1 heterocycles. The molecule has 0 unspecified atom stereocenters. The topological polar surface area (TPSA) is 37.8 Å². The Labute approximate surface area is 124 Å². The Bertz CT molecular complexity index is 787. The highest BCUT2D eigenvalue weighted by molar-refractivity contribution is 6.42. The maximum absolute atomic E-state index is 13.9. The summed E-state index contributed by atoms with van der Waals surface area (Å²) in [5, 5.41) is 4.06. The maximum atomic E-state index is 13.9. The van der Waals surface area contributed by atoms with E-state index in [0.717, 1.165) is 17.0 Å². The first-order chi connectivity index (χ1) is 9.65. The highest BCUT2D eigenvalue weighted by Crippen LogP contribution is 2.30. The van der Waals surface area contributed by atoms with Gasteiger partial charge < -0.3 is 5.32 Å². The van der Waals surface area contributed by atoms with Crippen molar-refractivity contribution in [1.29, 1.82) is 0 Å². The molecule has 1 aromatic heterocycles. The molecule has 0 amide bonds. The molecule has 0 saturated carbocycles. The Hall–Kier alpha value is -1.91. The van der Waals surface area contributed by atoms with Crippen molar-refractivity contribution in [3.8, 4) is 0 Å². The summed E-state index contributed by atoms with van der Waals surface area (Å²) in [6, 6.07) is 10.8. The van der Waals surface area contributed by atoms with E-state index in [1.165, 1.54) is 12.4 Å². The third-order valence-electron chi connectivity index (χ3n) is 2.74. The lowest BCUT2D eigenvalue weighted by molar-refractivity contribution is 0.632. The average molecular weight is 307 g/mol. The predicted octanol–water partition coefficient (Wildman–Crippen LogP) is 4.62. The lowest BCUT2D eigenvalue weighted by Crippen LogP contribution is -1.98. The molecule has 3 aromatic rings. The summed E-state index contributed by atoms with van der Waals surface area (Å²) in [6.45, 7) is 0. The summed E-state index contributed by atoms with van der Waals surface area (Å²) < 4.78 is 13.9. The Morgan fingerprint density at radius 2 is 1.95 bits per heavy atom. The highest BCUT2D eigenvalue weighted by atomic mass is 35.5. The molecule has 0 saturated heterocycles. The number of nitrogens with one attached hydrogen (secondary N) is 1. The second-order valence-corrected chi connectivity index (χ2v) is 4.85. The summed E-state index contributed by atoms with van der Waals surface area (Å²) in [5.41, 5.74) is 0.935. The van der Waals surface area contributed by atoms with Crippen LogP contribution in [-0.2, 0) is 0 Å². The van der Waals surface area contributed by atoms with Gasteiger partial charge in [0.05, 0.1) is 21.2 Å². The molecule has 3 nitrogen and oxygen atoms in total. The molecule has 0 fully saturated rings. The maximum Gasteiger partial charge on any atom is 0.148 e. The van der Waals surface area contributed by atoms with Gasteiger partial charge in [-0.1, -0.05) is 29.3 Å². The van der Waals surface area contributed by atoms with Crippen LogP contribution in [0.3, 0.4) is 0 Å². The number of fused-ring (bicyclic) bond motifs is 1. The van der Waals surface area contributed by atoms with E-state index in [0.29, 0.717) is 5.82 Å². The monoisotopic (exact) mass is 306 g/mol. The van der Waals surface area contributed by atoms with Crippen LogP contribution in [0.5, 0.6) is 0 Å². The Balaban J connectivity index is 2.08. The second kappa shape index (κ2) is 5.23. The summed E-state index contributed by atoms with van der Waals surface area (Å²) in [5.74, 6) is -0.0322. The minimum Gasteiger partial charge on any atom is -0.337 e. The van der Waals surface area contributed by atoms with Crippen LogP contribution in [0.1, 0.15) is 0 Å². The smallest absolute Gasteiger partial charge is 0.148 e. The van der Waals surface area contributed by atoms with E-state index in [4.69, 9.17) is 23.2 Å². The van der Waals surface area contributed by atoms with Gasteiger partial charge in [0.15, 0.2) is 0 Å². The molecule has 1 radical (unpaired) electrons. The molecular weight excluding hydrogens is 300 g/mol. The second-order valence-electron chi connectivity index (χ2n) is 4.04. The van der Waals surface area contributed by atoms with Crippen LogP contribution in [0.4, 0.5) is 15.9 Å². The summed E-state index contributed by atoms with van der Waals surface area (Å²) >= 11 is 11.6. The number of nitrogens with zero attached hydrogens (tertiary/aromatic N) is 2. The quantitative estimate of drug-likeness (QED) is 0.702. The highest BCUT2D eigenvalue weighted by Gasteiger charge is 2.10. The van der Waals surface area contributed by atoms with Crippen molar-refractivity contribution in [2.75, 3.05) is 5.32 Å². The van der Waals surface area contributed by atoms with Gasteiger partial charge in [0.1, 0.15) is 18.0 Å². The molecule has 20 heavy (non-hydrogen) atoms. The Kier molecular flexibility index (Phi) is 3.42. The van der Waals surface area contributed by atoms with Gasteiger partial charge in [0, 0.05) is 5.39 Å². The van der Waals surface area contributed by atoms with Crippen LogP contribution in [0.25, 0.3) is 10.9 Å². The van der Waals surface area contributed by atoms with Crippen molar-refractivity contribution in [2.45, 2.75) is 0 Å². The Morgan fingerprint density at radius 1 is 1.15 bits per heavy atom. The third kappa shape index (κ3) is 2.40. The van der Waals surface area contributed by atoms with Crippen LogP contribution in [0.2, 0.25) is 10.0 Å². The van der Waals surface area contributed by atoms with Gasteiger partial charge in [-0.3, -0.25) is 0 Å². The molecule has 0 aliphatic carbocycles. The average Bonchev–Trinajstić information content (AvgIpc) is 2.45. The molecule has 6 heteroatoms. The SMILES string of the molecule is Fc1cc(Cl)c(Cl)cc1Nc1ncnc2cc[c]cc12. The first kappa shape index (κ1) is 13.1. The summed E-state index contributed by atoms with van der Waals surface area (Å²) in [4.78, 5) is 8.24. The zero-order chi connectivity index (χ0) is 14.1. The first-order valence-corrected chi connectivity index (χ1v) is 6.43. The fraction of sp³-hybridized carbons (Fsp3) is 0. The number of benzene rings is 2. The Morgan fingerprint density at radius 3 is 2.80 bits per heavy atom. The normalized spacial score (nSPS) is 10.8. The molecule has 0 atom stereocenters. The molecule has 0 bridgehead atoms. The minimum atomic E-state index is -0.508. The first-order valence-electron chi connectivity index (χ1n) is 5.67. The van der Waals surface area contributed by atoms with Crippen LogP contribution >= 0.6 is 23.2 Å². The molecular formula is C14H7Cl2FN3. The van der Waals surface area contributed by atoms with E-state index >= 15 is 0 Å². The molecule has 1 N–H and O–H groups in total. The molecule has 99 valence electrons. The predicted molar refractivity (Wildman–Crippen MR) is 78.1 cm³/mol. The third-order valence-corrected chi connectivity index (χ3v) is 3.47. The zero-order valence-corrected chi connectivity index (χ0v) is 11.5. The minimum absolute atomic E-state index is 0.163. The van der Waals surface area contributed by atoms with Gasteiger partial charge in [-0.15, -0.1) is 0 Å². The summed E-state index contributed by atoms with van der Waals surface area (Å²) in [7, 11) is 0. The molecule has 3 rings (SSSR count). The van der Waals surface area contributed by atoms with Gasteiger partial charge in [0.25, 0.3) is 0 Å². The van der Waals surface area contributed by atoms with Gasteiger partial charge >= 0.3 is 0 Å². The van der Waals surface area contributed by atoms with Crippen molar-refractivity contribution >= 4 is 45.6 Å². The van der Waals surface area contributed by atoms with Crippen molar-refractivity contribution in [3.63, 3.8) is 0 Å². The molecule has 2 aromatic carbocycles. The van der Waals surface area contributed by atoms with E-state index in [1.807, 2.05) is 0 Å². The fourth-order valence-corrected chi connectivity index (χ4v) is 2.10. The zero-order valence-electron chi connectivity index (χ0n) is 9.99. The summed E-state index contributed by atoms with van der Waals surface area (Å²) in [6.07, 6.45) is 1.40. The van der Waals surface area contributed by atoms with Crippen molar-refractivity contribution in [3.05, 3.63) is 58.6 Å². The van der Waals surface area contributed by atoms with Crippen LogP contribution in [0, 0.1) is 11.9 Å². The number of rotatable bonds is 2. The number of anilines is 2. The number of hydrogen-bond acceptors (Lipinski definition) is 3. The van der Waals surface area contributed by atoms with E-state index in [1.54, 1.807) is 18.2 Å². The standard InChI is InChI=1S/C14H7Cl2FN3/c15-9-5-11(17)13(6-10(9)16)20-14-8-3-1-2-4-12(8)18-7-19-14/h2-7H,(H,18,19,20). The molecule has 0 spiro atoms. The van der Waals surface area contributed by atoms with E-state index in [2.05, 4.69) is 21.4 Å². The van der Waals surface area contributed by atoms with E-state index < -0.39 is 5.82 Å². The van der Waals surface area contributed by atoms with Gasteiger partial charge in [0.2, 0.25) is 0 Å². The number of hydrogen-bond donors (Lipinski definition) is 1. The van der Waals surface area contributed by atoms with Crippen molar-refractivity contribution in [2.24, 2.45) is 0 Å². The van der Waals surface area contributed by atoms with Crippen LogP contribution < -0.4 is 5.32 Å². The van der Waals surface area contributed by atoms with Crippen LogP contribution in [0.15, 0.2) is 36.7 Å². The van der Waals surface area contributed by atoms with E-state index in [-0.39, 0.29) is 15.7 Å². The number of halogens is 3. The fourth-order valence-electron chi connectivity index (χ4n) is 1.79. The molecule has 0 aliphatic rings. The lowest BCUT2D eigenvalue weighted by Gasteiger charge is -2.10. The van der Waals surface area contributed by atoms with Crippen molar-refractivity contribution in [1.82, 2.24) is 9.97 Å².